The zero-order valence-corrected chi connectivity index (χ0v) is 13.6. The summed E-state index contributed by atoms with van der Waals surface area (Å²) in [6.07, 6.45) is 6.48. The van der Waals surface area contributed by atoms with Crippen molar-refractivity contribution in [3.05, 3.63) is 16.6 Å². The molecule has 1 amide bonds. The molecule has 0 spiro atoms. The Labute approximate surface area is 131 Å². The summed E-state index contributed by atoms with van der Waals surface area (Å²) in [5.41, 5.74) is 1.89. The fourth-order valence-corrected chi connectivity index (χ4v) is 4.06. The Morgan fingerprint density at radius 2 is 2.14 bits per heavy atom. The molecule has 1 atom stereocenters. The number of carbonyl (C=O) groups is 1. The largest absolute Gasteiger partial charge is 0.342 e. The van der Waals surface area contributed by atoms with Gasteiger partial charge in [-0.3, -0.25) is 14.7 Å². The van der Waals surface area contributed by atoms with Crippen LogP contribution in [0.15, 0.2) is 11.7 Å². The quantitative estimate of drug-likeness (QED) is 0.861. The lowest BCUT2D eigenvalue weighted by Gasteiger charge is -2.37. The fraction of sp³-hybridized carbons (Fsp3) is 0.750. The van der Waals surface area contributed by atoms with Crippen LogP contribution in [-0.4, -0.2) is 46.9 Å². The SMILES string of the molecule is CC1CCN(C(=O)C2CCCN(Cc3cncs3)C2)CC1. The summed E-state index contributed by atoms with van der Waals surface area (Å²) in [6.45, 7) is 7.20. The number of carbonyl (C=O) groups excluding carboxylic acids is 1. The van der Waals surface area contributed by atoms with Crippen molar-refractivity contribution in [2.75, 3.05) is 26.2 Å². The molecule has 2 aliphatic heterocycles. The minimum absolute atomic E-state index is 0.208. The van der Waals surface area contributed by atoms with E-state index in [-0.39, 0.29) is 5.92 Å². The van der Waals surface area contributed by atoms with Crippen LogP contribution >= 0.6 is 11.3 Å². The Bertz CT molecular complexity index is 454. The van der Waals surface area contributed by atoms with Gasteiger partial charge in [0.1, 0.15) is 0 Å². The molecule has 21 heavy (non-hydrogen) atoms. The second kappa shape index (κ2) is 6.88. The number of nitrogens with zero attached hydrogens (tertiary/aromatic N) is 3. The number of amides is 1. The van der Waals surface area contributed by atoms with Crippen LogP contribution in [0.3, 0.4) is 0 Å². The lowest BCUT2D eigenvalue weighted by molar-refractivity contribution is -0.138. The van der Waals surface area contributed by atoms with Gasteiger partial charge in [0.05, 0.1) is 11.4 Å². The Morgan fingerprint density at radius 3 is 2.86 bits per heavy atom. The van der Waals surface area contributed by atoms with Gasteiger partial charge in [0.2, 0.25) is 5.91 Å². The summed E-state index contributed by atoms with van der Waals surface area (Å²) in [4.78, 5) is 22.7. The predicted molar refractivity (Wildman–Crippen MR) is 85.1 cm³/mol. The summed E-state index contributed by atoms with van der Waals surface area (Å²) in [5.74, 6) is 1.39. The van der Waals surface area contributed by atoms with E-state index >= 15 is 0 Å². The lowest BCUT2D eigenvalue weighted by atomic mass is 9.93. The van der Waals surface area contributed by atoms with E-state index in [0.29, 0.717) is 5.91 Å². The number of aromatic nitrogens is 1. The van der Waals surface area contributed by atoms with E-state index in [2.05, 4.69) is 21.7 Å². The average Bonchev–Trinajstić information content (AvgIpc) is 3.00. The Hall–Kier alpha value is -0.940. The van der Waals surface area contributed by atoms with E-state index in [9.17, 15) is 4.79 Å². The standard InChI is InChI=1S/C16H25N3OS/c1-13-4-7-19(8-5-13)16(20)14-3-2-6-18(10-14)11-15-9-17-12-21-15/h9,12-14H,2-8,10-11H2,1H3. The van der Waals surface area contributed by atoms with Gasteiger partial charge >= 0.3 is 0 Å². The van der Waals surface area contributed by atoms with Gasteiger partial charge in [0, 0.05) is 37.3 Å². The highest BCUT2D eigenvalue weighted by Gasteiger charge is 2.30. The zero-order chi connectivity index (χ0) is 14.7. The molecular weight excluding hydrogens is 282 g/mol. The third kappa shape index (κ3) is 3.83. The fourth-order valence-electron chi connectivity index (χ4n) is 3.43. The number of piperidine rings is 2. The third-order valence-corrected chi connectivity index (χ3v) is 5.58. The summed E-state index contributed by atoms with van der Waals surface area (Å²) >= 11 is 1.71. The van der Waals surface area contributed by atoms with E-state index in [0.717, 1.165) is 51.5 Å². The van der Waals surface area contributed by atoms with E-state index in [1.807, 2.05) is 11.7 Å². The van der Waals surface area contributed by atoms with Crippen LogP contribution in [0.1, 0.15) is 37.5 Å². The van der Waals surface area contributed by atoms with Gasteiger partial charge in [-0.15, -0.1) is 11.3 Å². The van der Waals surface area contributed by atoms with Crippen molar-refractivity contribution in [2.45, 2.75) is 39.2 Å². The molecule has 0 saturated carbocycles. The minimum atomic E-state index is 0.208. The van der Waals surface area contributed by atoms with Crippen LogP contribution < -0.4 is 0 Å². The predicted octanol–water partition coefficient (Wildman–Crippen LogP) is 2.61. The second-order valence-corrected chi connectivity index (χ2v) is 7.52. The van der Waals surface area contributed by atoms with Crippen LogP contribution in [0.5, 0.6) is 0 Å². The number of thiazole rings is 1. The molecule has 1 aromatic rings. The van der Waals surface area contributed by atoms with E-state index in [4.69, 9.17) is 0 Å². The summed E-state index contributed by atoms with van der Waals surface area (Å²) in [5, 5.41) is 0. The van der Waals surface area contributed by atoms with Crippen molar-refractivity contribution in [3.63, 3.8) is 0 Å². The summed E-state index contributed by atoms with van der Waals surface area (Å²) in [7, 11) is 0. The van der Waals surface area contributed by atoms with Gasteiger partial charge in [-0.1, -0.05) is 6.92 Å². The molecule has 0 aromatic carbocycles. The molecule has 5 heteroatoms. The first kappa shape index (κ1) is 15.0. The van der Waals surface area contributed by atoms with Crippen molar-refractivity contribution >= 4 is 17.2 Å². The van der Waals surface area contributed by atoms with Crippen LogP contribution in [0, 0.1) is 11.8 Å². The van der Waals surface area contributed by atoms with Crippen LogP contribution in [0.4, 0.5) is 0 Å². The second-order valence-electron chi connectivity index (χ2n) is 6.55. The molecule has 2 fully saturated rings. The molecule has 0 bridgehead atoms. The van der Waals surface area contributed by atoms with Crippen LogP contribution in [0.25, 0.3) is 0 Å². The van der Waals surface area contributed by atoms with Crippen molar-refractivity contribution in [1.29, 1.82) is 0 Å². The highest BCUT2D eigenvalue weighted by atomic mass is 32.1. The number of likely N-dealkylation sites (tertiary alicyclic amines) is 2. The van der Waals surface area contributed by atoms with Crippen molar-refractivity contribution < 1.29 is 4.79 Å². The molecular formula is C16H25N3OS. The number of hydrogen-bond donors (Lipinski definition) is 0. The molecule has 0 aliphatic carbocycles. The maximum absolute atomic E-state index is 12.7. The van der Waals surface area contributed by atoms with Crippen molar-refractivity contribution in [3.8, 4) is 0 Å². The van der Waals surface area contributed by atoms with Gasteiger partial charge in [-0.25, -0.2) is 0 Å². The first-order valence-electron chi connectivity index (χ1n) is 8.11. The molecule has 3 heterocycles. The first-order valence-corrected chi connectivity index (χ1v) is 8.99. The molecule has 0 N–H and O–H groups in total. The zero-order valence-electron chi connectivity index (χ0n) is 12.8. The lowest BCUT2D eigenvalue weighted by Crippen LogP contribution is -2.46. The highest BCUT2D eigenvalue weighted by Crippen LogP contribution is 2.24. The smallest absolute Gasteiger partial charge is 0.226 e. The van der Waals surface area contributed by atoms with Crippen molar-refractivity contribution in [2.24, 2.45) is 11.8 Å². The molecule has 116 valence electrons. The molecule has 2 aliphatic rings. The first-order chi connectivity index (χ1) is 10.2. The van der Waals surface area contributed by atoms with E-state index < -0.39 is 0 Å². The Kier molecular flexibility index (Phi) is 4.91. The molecule has 0 radical (unpaired) electrons. The molecule has 3 rings (SSSR count). The maximum Gasteiger partial charge on any atom is 0.226 e. The van der Waals surface area contributed by atoms with Gasteiger partial charge in [-0.05, 0) is 38.1 Å². The third-order valence-electron chi connectivity index (χ3n) is 4.81. The molecule has 2 saturated heterocycles. The normalized spacial score (nSPS) is 25.2. The maximum atomic E-state index is 12.7. The van der Waals surface area contributed by atoms with Gasteiger partial charge in [-0.2, -0.15) is 0 Å². The Balaban J connectivity index is 1.54. The minimum Gasteiger partial charge on any atom is -0.342 e. The van der Waals surface area contributed by atoms with Crippen LogP contribution in [0.2, 0.25) is 0 Å². The van der Waals surface area contributed by atoms with E-state index in [1.54, 1.807) is 11.3 Å². The Morgan fingerprint density at radius 1 is 1.33 bits per heavy atom. The van der Waals surface area contributed by atoms with Crippen LogP contribution in [-0.2, 0) is 11.3 Å². The average molecular weight is 307 g/mol. The molecule has 4 nitrogen and oxygen atoms in total. The van der Waals surface area contributed by atoms with E-state index in [1.165, 1.54) is 17.7 Å². The topological polar surface area (TPSA) is 36.4 Å². The highest BCUT2D eigenvalue weighted by molar-refractivity contribution is 7.09. The summed E-state index contributed by atoms with van der Waals surface area (Å²) < 4.78 is 0. The number of rotatable bonds is 3. The van der Waals surface area contributed by atoms with Crippen molar-refractivity contribution in [1.82, 2.24) is 14.8 Å². The molecule has 1 unspecified atom stereocenters. The van der Waals surface area contributed by atoms with Gasteiger partial charge < -0.3 is 4.90 Å². The summed E-state index contributed by atoms with van der Waals surface area (Å²) in [6, 6.07) is 0. The molecule has 1 aromatic heterocycles. The monoisotopic (exact) mass is 307 g/mol. The van der Waals surface area contributed by atoms with Gasteiger partial charge in [0.25, 0.3) is 0 Å². The number of hydrogen-bond acceptors (Lipinski definition) is 4. The van der Waals surface area contributed by atoms with Gasteiger partial charge in [0.15, 0.2) is 0 Å².